The monoisotopic (exact) mass is 268 g/mol. The number of hydrogen-bond donors (Lipinski definition) is 2. The standard InChI is InChI=1S/C9H12N6O2S/c1-5-6(2)13-14-9(11-5)15-18(16,17)8-4-10-7(3)12-8/h4H,1-3H3,(H,10,12)(H,11,14,15). The van der Waals surface area contributed by atoms with Gasteiger partial charge in [0.25, 0.3) is 16.0 Å². The Morgan fingerprint density at radius 2 is 1.89 bits per heavy atom. The van der Waals surface area contributed by atoms with Crippen LogP contribution in [0.25, 0.3) is 0 Å². The molecule has 8 nitrogen and oxygen atoms in total. The van der Waals surface area contributed by atoms with Gasteiger partial charge in [-0.1, -0.05) is 0 Å². The number of H-pyrrole nitrogens is 1. The molecule has 9 heteroatoms. The lowest BCUT2D eigenvalue weighted by Crippen LogP contribution is -2.16. The molecule has 0 bridgehead atoms. The summed E-state index contributed by atoms with van der Waals surface area (Å²) in [5, 5.41) is 7.43. The SMILES string of the molecule is Cc1ncc(S(=O)(=O)Nc2nnc(C)c(C)n2)[nH]1. The van der Waals surface area contributed by atoms with Gasteiger partial charge in [-0.05, 0) is 20.8 Å². The summed E-state index contributed by atoms with van der Waals surface area (Å²) >= 11 is 0. The summed E-state index contributed by atoms with van der Waals surface area (Å²) in [6.45, 7) is 5.13. The lowest BCUT2D eigenvalue weighted by molar-refractivity contribution is 0.597. The molecule has 2 rings (SSSR count). The normalized spacial score (nSPS) is 11.5. The van der Waals surface area contributed by atoms with E-state index in [1.165, 1.54) is 6.20 Å². The number of rotatable bonds is 3. The smallest absolute Gasteiger partial charge is 0.281 e. The van der Waals surface area contributed by atoms with Crippen molar-refractivity contribution in [1.29, 1.82) is 0 Å². The average Bonchev–Trinajstić information content (AvgIpc) is 2.71. The second kappa shape index (κ2) is 4.33. The largest absolute Gasteiger partial charge is 0.332 e. The van der Waals surface area contributed by atoms with Gasteiger partial charge < -0.3 is 4.98 Å². The molecule has 2 aromatic heterocycles. The summed E-state index contributed by atoms with van der Waals surface area (Å²) in [6.07, 6.45) is 1.23. The summed E-state index contributed by atoms with van der Waals surface area (Å²) in [5.41, 5.74) is 1.26. The van der Waals surface area contributed by atoms with Crippen LogP contribution in [0.1, 0.15) is 17.2 Å². The first kappa shape index (κ1) is 12.4. The Morgan fingerprint density at radius 3 is 2.44 bits per heavy atom. The molecule has 96 valence electrons. The molecule has 2 aromatic rings. The Kier molecular flexibility index (Phi) is 2.99. The molecule has 0 fully saturated rings. The Bertz CT molecular complexity index is 678. The number of aromatic nitrogens is 5. The van der Waals surface area contributed by atoms with Gasteiger partial charge in [0, 0.05) is 0 Å². The first-order chi connectivity index (χ1) is 8.38. The van der Waals surface area contributed by atoms with Gasteiger partial charge >= 0.3 is 0 Å². The second-order valence-electron chi connectivity index (χ2n) is 3.74. The zero-order chi connectivity index (χ0) is 13.3. The van der Waals surface area contributed by atoms with E-state index in [1.807, 2.05) is 0 Å². The Labute approximate surface area is 104 Å². The van der Waals surface area contributed by atoms with E-state index in [0.29, 0.717) is 17.2 Å². The van der Waals surface area contributed by atoms with Gasteiger partial charge in [-0.3, -0.25) is 0 Å². The summed E-state index contributed by atoms with van der Waals surface area (Å²) < 4.78 is 26.1. The zero-order valence-electron chi connectivity index (χ0n) is 10.1. The highest BCUT2D eigenvalue weighted by molar-refractivity contribution is 7.92. The maximum absolute atomic E-state index is 11.9. The molecule has 0 atom stereocenters. The molecular weight excluding hydrogens is 256 g/mol. The third kappa shape index (κ3) is 2.45. The molecule has 0 radical (unpaired) electrons. The fraction of sp³-hybridized carbons (Fsp3) is 0.333. The highest BCUT2D eigenvalue weighted by atomic mass is 32.2. The van der Waals surface area contributed by atoms with Crippen molar-refractivity contribution in [3.8, 4) is 0 Å². The second-order valence-corrected chi connectivity index (χ2v) is 5.40. The average molecular weight is 268 g/mol. The first-order valence-corrected chi connectivity index (χ1v) is 6.59. The maximum atomic E-state index is 11.9. The van der Waals surface area contributed by atoms with Crippen LogP contribution in [-0.2, 0) is 10.0 Å². The summed E-state index contributed by atoms with van der Waals surface area (Å²) in [5.74, 6) is 0.444. The van der Waals surface area contributed by atoms with Crippen LogP contribution in [0.5, 0.6) is 0 Å². The Morgan fingerprint density at radius 1 is 1.17 bits per heavy atom. The highest BCUT2D eigenvalue weighted by Gasteiger charge is 2.18. The summed E-state index contributed by atoms with van der Waals surface area (Å²) in [6, 6.07) is 0. The van der Waals surface area contributed by atoms with Gasteiger partial charge in [-0.25, -0.2) is 14.7 Å². The number of anilines is 1. The minimum absolute atomic E-state index is 0.0400. The van der Waals surface area contributed by atoms with Crippen molar-refractivity contribution in [3.05, 3.63) is 23.4 Å². The van der Waals surface area contributed by atoms with Crippen molar-refractivity contribution in [2.24, 2.45) is 0 Å². The van der Waals surface area contributed by atoms with Crippen LogP contribution in [0, 0.1) is 20.8 Å². The van der Waals surface area contributed by atoms with Crippen molar-refractivity contribution in [1.82, 2.24) is 25.1 Å². The lowest BCUT2D eigenvalue weighted by atomic mass is 10.4. The molecule has 0 unspecified atom stereocenters. The van der Waals surface area contributed by atoms with E-state index in [0.717, 1.165) is 0 Å². The quantitative estimate of drug-likeness (QED) is 0.828. The van der Waals surface area contributed by atoms with Gasteiger partial charge in [0.2, 0.25) is 0 Å². The van der Waals surface area contributed by atoms with Crippen LogP contribution in [0.2, 0.25) is 0 Å². The fourth-order valence-corrected chi connectivity index (χ4v) is 2.12. The summed E-state index contributed by atoms with van der Waals surface area (Å²) in [7, 11) is -3.76. The van der Waals surface area contributed by atoms with Gasteiger partial charge in [0.15, 0.2) is 5.03 Å². The molecule has 2 N–H and O–H groups in total. The van der Waals surface area contributed by atoms with Crippen molar-refractivity contribution in [2.75, 3.05) is 4.72 Å². The predicted molar refractivity (Wildman–Crippen MR) is 63.4 cm³/mol. The Hall–Kier alpha value is -2.03. The third-order valence-electron chi connectivity index (χ3n) is 2.29. The van der Waals surface area contributed by atoms with E-state index in [1.54, 1.807) is 20.8 Å². The van der Waals surface area contributed by atoms with E-state index < -0.39 is 10.0 Å². The highest BCUT2D eigenvalue weighted by Crippen LogP contribution is 2.10. The number of aromatic amines is 1. The molecule has 0 aliphatic carbocycles. The summed E-state index contributed by atoms with van der Waals surface area (Å²) in [4.78, 5) is 10.4. The van der Waals surface area contributed by atoms with E-state index in [4.69, 9.17) is 0 Å². The minimum atomic E-state index is -3.76. The molecule has 0 spiro atoms. The van der Waals surface area contributed by atoms with Crippen molar-refractivity contribution < 1.29 is 8.42 Å². The molecule has 0 aliphatic heterocycles. The van der Waals surface area contributed by atoms with Crippen LogP contribution in [0.15, 0.2) is 11.2 Å². The number of imidazole rings is 1. The molecule has 0 aromatic carbocycles. The molecule has 0 saturated heterocycles. The third-order valence-corrected chi connectivity index (χ3v) is 3.52. The van der Waals surface area contributed by atoms with Crippen molar-refractivity contribution >= 4 is 16.0 Å². The number of aryl methyl sites for hydroxylation is 3. The molecule has 0 saturated carbocycles. The number of sulfonamides is 1. The maximum Gasteiger partial charge on any atom is 0.281 e. The van der Waals surface area contributed by atoms with Crippen molar-refractivity contribution in [3.63, 3.8) is 0 Å². The van der Waals surface area contributed by atoms with Crippen LogP contribution >= 0.6 is 0 Å². The van der Waals surface area contributed by atoms with Crippen LogP contribution in [0.3, 0.4) is 0 Å². The van der Waals surface area contributed by atoms with Gasteiger partial charge in [-0.2, -0.15) is 13.5 Å². The van der Waals surface area contributed by atoms with E-state index >= 15 is 0 Å². The Balaban J connectivity index is 2.30. The zero-order valence-corrected chi connectivity index (χ0v) is 10.9. The van der Waals surface area contributed by atoms with Crippen LogP contribution < -0.4 is 4.72 Å². The predicted octanol–water partition coefficient (Wildman–Crippen LogP) is 0.321. The molecular formula is C9H12N6O2S. The van der Waals surface area contributed by atoms with Gasteiger partial charge in [0.1, 0.15) is 5.82 Å². The van der Waals surface area contributed by atoms with E-state index in [-0.39, 0.29) is 11.0 Å². The number of hydrogen-bond acceptors (Lipinski definition) is 6. The molecule has 18 heavy (non-hydrogen) atoms. The van der Waals surface area contributed by atoms with Gasteiger partial charge in [0.05, 0.1) is 17.6 Å². The first-order valence-electron chi connectivity index (χ1n) is 5.11. The van der Waals surface area contributed by atoms with E-state index in [2.05, 4.69) is 29.9 Å². The number of nitrogens with one attached hydrogen (secondary N) is 2. The molecule has 2 heterocycles. The van der Waals surface area contributed by atoms with Gasteiger partial charge in [-0.15, -0.1) is 5.10 Å². The van der Waals surface area contributed by atoms with E-state index in [9.17, 15) is 8.42 Å². The number of nitrogens with zero attached hydrogens (tertiary/aromatic N) is 4. The fourth-order valence-electron chi connectivity index (χ4n) is 1.21. The van der Waals surface area contributed by atoms with Crippen molar-refractivity contribution in [2.45, 2.75) is 25.8 Å². The lowest BCUT2D eigenvalue weighted by Gasteiger charge is -2.05. The van der Waals surface area contributed by atoms with Crippen LogP contribution in [0.4, 0.5) is 5.95 Å². The van der Waals surface area contributed by atoms with Crippen LogP contribution in [-0.4, -0.2) is 33.6 Å². The minimum Gasteiger partial charge on any atom is -0.332 e. The topological polar surface area (TPSA) is 114 Å². The molecule has 0 amide bonds. The molecule has 0 aliphatic rings.